The molecule has 0 aliphatic rings. The molecular formula is C16H31Cl2Si. The van der Waals surface area contributed by atoms with E-state index in [2.05, 4.69) is 26.0 Å². The van der Waals surface area contributed by atoms with Crippen LogP contribution >= 0.6 is 22.2 Å². The van der Waals surface area contributed by atoms with Crippen molar-refractivity contribution >= 4 is 29.6 Å². The first-order chi connectivity index (χ1) is 9.16. The quantitative estimate of drug-likeness (QED) is 0.147. The van der Waals surface area contributed by atoms with Gasteiger partial charge in [0.2, 0.25) is 0 Å². The molecule has 1 atom stereocenters. The Labute approximate surface area is 132 Å². The minimum absolute atomic E-state index is 0.742. The second kappa shape index (κ2) is 14.9. The van der Waals surface area contributed by atoms with Gasteiger partial charge in [-0.05, 0) is 31.2 Å². The van der Waals surface area contributed by atoms with Crippen molar-refractivity contribution in [3.05, 3.63) is 12.2 Å². The molecule has 0 aromatic heterocycles. The third-order valence-corrected chi connectivity index (χ3v) is 5.33. The van der Waals surface area contributed by atoms with Crippen LogP contribution in [0.15, 0.2) is 12.2 Å². The molecule has 1 unspecified atom stereocenters. The lowest BCUT2D eigenvalue weighted by Crippen LogP contribution is -1.93. The van der Waals surface area contributed by atoms with Gasteiger partial charge in [-0.2, -0.15) is 0 Å². The molecule has 0 fully saturated rings. The van der Waals surface area contributed by atoms with Gasteiger partial charge in [-0.25, -0.2) is 0 Å². The fraction of sp³-hybridized carbons (Fsp3) is 0.875. The largest absolute Gasteiger partial charge is 0.273 e. The molecule has 113 valence electrons. The molecule has 0 saturated heterocycles. The molecule has 0 aliphatic carbocycles. The molecule has 0 heterocycles. The SMILES string of the molecule is CCCCCCC=CC(C)CCCCCC[Si](Cl)Cl. The summed E-state index contributed by atoms with van der Waals surface area (Å²) in [6, 6.07) is 1.04. The van der Waals surface area contributed by atoms with E-state index in [0.29, 0.717) is 0 Å². The van der Waals surface area contributed by atoms with Crippen LogP contribution in [0.25, 0.3) is 0 Å². The van der Waals surface area contributed by atoms with E-state index < -0.39 is 7.42 Å². The molecule has 1 radical (unpaired) electrons. The molecule has 19 heavy (non-hydrogen) atoms. The maximum absolute atomic E-state index is 5.80. The van der Waals surface area contributed by atoms with Crippen molar-refractivity contribution in [1.29, 1.82) is 0 Å². The highest BCUT2D eigenvalue weighted by Crippen LogP contribution is 2.15. The zero-order valence-corrected chi connectivity index (χ0v) is 15.3. The van der Waals surface area contributed by atoms with E-state index in [1.807, 2.05) is 0 Å². The predicted octanol–water partition coefficient (Wildman–Crippen LogP) is 7.07. The van der Waals surface area contributed by atoms with Crippen LogP contribution in [0.2, 0.25) is 6.04 Å². The van der Waals surface area contributed by atoms with Gasteiger partial charge < -0.3 is 0 Å². The van der Waals surface area contributed by atoms with E-state index in [4.69, 9.17) is 22.2 Å². The van der Waals surface area contributed by atoms with Crippen LogP contribution in [0.3, 0.4) is 0 Å². The summed E-state index contributed by atoms with van der Waals surface area (Å²) >= 11 is 11.6. The van der Waals surface area contributed by atoms with E-state index in [-0.39, 0.29) is 0 Å². The van der Waals surface area contributed by atoms with Crippen LogP contribution in [-0.4, -0.2) is 7.42 Å². The molecule has 3 heteroatoms. The van der Waals surface area contributed by atoms with Crippen LogP contribution in [0, 0.1) is 5.92 Å². The highest BCUT2D eigenvalue weighted by Gasteiger charge is 2.02. The minimum Gasteiger partial charge on any atom is -0.147 e. The molecule has 0 spiro atoms. The first-order valence-corrected chi connectivity index (χ1v) is 11.7. The van der Waals surface area contributed by atoms with Gasteiger partial charge in [-0.15, -0.1) is 22.2 Å². The lowest BCUT2D eigenvalue weighted by Gasteiger charge is -2.06. The van der Waals surface area contributed by atoms with Crippen molar-refractivity contribution in [2.75, 3.05) is 0 Å². The molecule has 0 nitrogen and oxygen atoms in total. The number of allylic oxidation sites excluding steroid dienone is 2. The molecule has 0 N–H and O–H groups in total. The Morgan fingerprint density at radius 2 is 1.63 bits per heavy atom. The molecule has 0 saturated carbocycles. The molecule has 0 aromatic carbocycles. The van der Waals surface area contributed by atoms with Gasteiger partial charge in [0, 0.05) is 0 Å². The topological polar surface area (TPSA) is 0 Å². The number of halogens is 2. The Morgan fingerprint density at radius 3 is 2.32 bits per heavy atom. The lowest BCUT2D eigenvalue weighted by atomic mass is 10.0. The number of rotatable bonds is 13. The molecule has 0 amide bonds. The monoisotopic (exact) mass is 321 g/mol. The van der Waals surface area contributed by atoms with Gasteiger partial charge in [0.25, 0.3) is 7.42 Å². The second-order valence-corrected chi connectivity index (χ2v) is 10.0. The Morgan fingerprint density at radius 1 is 0.947 bits per heavy atom. The van der Waals surface area contributed by atoms with E-state index in [1.165, 1.54) is 64.2 Å². The van der Waals surface area contributed by atoms with Gasteiger partial charge in [-0.3, -0.25) is 0 Å². The molecule has 0 rings (SSSR count). The van der Waals surface area contributed by atoms with Crippen LogP contribution in [0.1, 0.15) is 78.1 Å². The summed E-state index contributed by atoms with van der Waals surface area (Å²) < 4.78 is 0. The third-order valence-electron chi connectivity index (χ3n) is 3.46. The zero-order valence-electron chi connectivity index (χ0n) is 12.8. The number of hydrogen-bond donors (Lipinski definition) is 0. The number of hydrogen-bond acceptors (Lipinski definition) is 0. The number of unbranched alkanes of at least 4 members (excludes halogenated alkanes) is 7. The first-order valence-electron chi connectivity index (χ1n) is 8.00. The Bertz CT molecular complexity index is 205. The Kier molecular flexibility index (Phi) is 15.4. The molecule has 0 aliphatic heterocycles. The summed E-state index contributed by atoms with van der Waals surface area (Å²) in [4.78, 5) is 0. The summed E-state index contributed by atoms with van der Waals surface area (Å²) in [6.45, 7) is 4.60. The van der Waals surface area contributed by atoms with Crippen LogP contribution in [0.4, 0.5) is 0 Å². The smallest absolute Gasteiger partial charge is 0.147 e. The fourth-order valence-corrected chi connectivity index (χ4v) is 3.51. The second-order valence-electron chi connectivity index (χ2n) is 5.55. The highest BCUT2D eigenvalue weighted by molar-refractivity contribution is 7.33. The summed E-state index contributed by atoms with van der Waals surface area (Å²) in [5.74, 6) is 0.742. The van der Waals surface area contributed by atoms with Crippen LogP contribution in [-0.2, 0) is 0 Å². The summed E-state index contributed by atoms with van der Waals surface area (Å²) in [5, 5.41) is 0. The standard InChI is InChI=1S/C16H31Cl2Si/c1-3-4-5-6-7-10-13-16(2)14-11-8-9-12-15-19(17)18/h10,13,16H,3-9,11-12,14-15H2,1-2H3. The van der Waals surface area contributed by atoms with Crippen molar-refractivity contribution in [1.82, 2.24) is 0 Å². The van der Waals surface area contributed by atoms with E-state index in [0.717, 1.165) is 12.0 Å². The Balaban J connectivity index is 3.28. The zero-order chi connectivity index (χ0) is 14.3. The van der Waals surface area contributed by atoms with E-state index >= 15 is 0 Å². The van der Waals surface area contributed by atoms with Crippen molar-refractivity contribution in [3.8, 4) is 0 Å². The lowest BCUT2D eigenvalue weighted by molar-refractivity contribution is 0.559. The Hall–Kier alpha value is 0.537. The fourth-order valence-electron chi connectivity index (χ4n) is 2.19. The van der Waals surface area contributed by atoms with E-state index in [9.17, 15) is 0 Å². The van der Waals surface area contributed by atoms with Gasteiger partial charge >= 0.3 is 0 Å². The highest BCUT2D eigenvalue weighted by atomic mass is 35.7. The molecule has 0 aromatic rings. The normalized spacial score (nSPS) is 13.5. The first kappa shape index (κ1) is 19.5. The van der Waals surface area contributed by atoms with Gasteiger partial charge in [0.05, 0.1) is 0 Å². The van der Waals surface area contributed by atoms with Gasteiger partial charge in [0.15, 0.2) is 0 Å². The van der Waals surface area contributed by atoms with E-state index in [1.54, 1.807) is 0 Å². The van der Waals surface area contributed by atoms with Gasteiger partial charge in [0.1, 0.15) is 0 Å². The van der Waals surface area contributed by atoms with Crippen molar-refractivity contribution in [3.63, 3.8) is 0 Å². The average molecular weight is 322 g/mol. The van der Waals surface area contributed by atoms with Crippen molar-refractivity contribution in [2.24, 2.45) is 5.92 Å². The van der Waals surface area contributed by atoms with Gasteiger partial charge in [-0.1, -0.05) is 70.9 Å². The third kappa shape index (κ3) is 16.5. The van der Waals surface area contributed by atoms with Crippen LogP contribution < -0.4 is 0 Å². The van der Waals surface area contributed by atoms with Crippen molar-refractivity contribution in [2.45, 2.75) is 84.1 Å². The minimum atomic E-state index is -1.03. The maximum Gasteiger partial charge on any atom is 0.273 e. The average Bonchev–Trinajstić information content (AvgIpc) is 2.37. The predicted molar refractivity (Wildman–Crippen MR) is 92.4 cm³/mol. The van der Waals surface area contributed by atoms with Crippen molar-refractivity contribution < 1.29 is 0 Å². The summed E-state index contributed by atoms with van der Waals surface area (Å²) in [6.07, 6.45) is 18.0. The summed E-state index contributed by atoms with van der Waals surface area (Å²) in [5.41, 5.74) is 0. The summed E-state index contributed by atoms with van der Waals surface area (Å²) in [7, 11) is -1.03. The molecular weight excluding hydrogens is 291 g/mol. The maximum atomic E-state index is 5.80. The molecule has 0 bridgehead atoms. The van der Waals surface area contributed by atoms with Crippen LogP contribution in [0.5, 0.6) is 0 Å².